The van der Waals surface area contributed by atoms with Gasteiger partial charge in [0.15, 0.2) is 0 Å². The van der Waals surface area contributed by atoms with Gasteiger partial charge in [-0.3, -0.25) is 9.59 Å². The van der Waals surface area contributed by atoms with Gasteiger partial charge in [-0.1, -0.05) is 6.42 Å². The van der Waals surface area contributed by atoms with Crippen molar-refractivity contribution in [3.05, 3.63) is 0 Å². The molecule has 0 bridgehead atoms. The van der Waals surface area contributed by atoms with Gasteiger partial charge in [-0.2, -0.15) is 5.10 Å². The Labute approximate surface area is 166 Å². The lowest BCUT2D eigenvalue weighted by Crippen LogP contribution is -2.50. The maximum atomic E-state index is 12.4. The molecule has 5 unspecified atom stereocenters. The van der Waals surface area contributed by atoms with E-state index >= 15 is 0 Å². The number of nitrogens with zero attached hydrogens (tertiary/aromatic N) is 1. The maximum Gasteiger partial charge on any atom is 0.323 e. The molecule has 2 rings (SSSR count). The molecule has 1 saturated heterocycles. The van der Waals surface area contributed by atoms with Gasteiger partial charge >= 0.3 is 11.9 Å². The summed E-state index contributed by atoms with van der Waals surface area (Å²) in [5, 5.41) is 7.15. The first-order valence-electron chi connectivity index (χ1n) is 10.2. The molecule has 9 heteroatoms. The largest absolute Gasteiger partial charge is 0.464 e. The smallest absolute Gasteiger partial charge is 0.323 e. The summed E-state index contributed by atoms with van der Waals surface area (Å²) in [5.74, 6) is 6.91. The van der Waals surface area contributed by atoms with Crippen molar-refractivity contribution in [1.82, 2.24) is 10.9 Å². The summed E-state index contributed by atoms with van der Waals surface area (Å²) in [6.45, 7) is 4.29. The number of carbonyl (C=O) groups is 2. The molecule has 9 nitrogen and oxygen atoms in total. The fourth-order valence-electron chi connectivity index (χ4n) is 4.36. The first-order chi connectivity index (χ1) is 13.4. The quantitative estimate of drug-likeness (QED) is 0.147. The molecule has 0 amide bonds. The van der Waals surface area contributed by atoms with Gasteiger partial charge in [0, 0.05) is 19.8 Å². The first kappa shape index (κ1) is 22.4. The minimum atomic E-state index is -0.321. The normalized spacial score (nSPS) is 28.8. The second-order valence-corrected chi connectivity index (χ2v) is 8.04. The third-order valence-corrected chi connectivity index (χ3v) is 5.85. The van der Waals surface area contributed by atoms with E-state index in [1.165, 1.54) is 19.8 Å². The summed E-state index contributed by atoms with van der Waals surface area (Å²) in [6, 6.07) is -0.253. The average molecular weight is 398 g/mol. The van der Waals surface area contributed by atoms with Crippen molar-refractivity contribution in [2.75, 3.05) is 13.2 Å². The number of nitrogens with one attached hydrogen (secondary N) is 2. The fraction of sp³-hybridized carbons (Fsp3) is 0.842. The van der Waals surface area contributed by atoms with Crippen molar-refractivity contribution in [1.29, 1.82) is 0 Å². The van der Waals surface area contributed by atoms with Gasteiger partial charge in [0.1, 0.15) is 18.0 Å². The van der Waals surface area contributed by atoms with Gasteiger partial charge in [-0.05, 0) is 56.9 Å². The molecule has 0 radical (unpaired) electrons. The minimum absolute atomic E-state index is 0.207. The van der Waals surface area contributed by atoms with Gasteiger partial charge < -0.3 is 20.5 Å². The van der Waals surface area contributed by atoms with Crippen LogP contribution in [0.1, 0.15) is 58.8 Å². The summed E-state index contributed by atoms with van der Waals surface area (Å²) >= 11 is 0. The number of carbonyl (C=O) groups excluding carboxylic acids is 2. The Balaban J connectivity index is 1.73. The van der Waals surface area contributed by atoms with E-state index in [1.807, 2.05) is 0 Å². The van der Waals surface area contributed by atoms with Gasteiger partial charge in [0.05, 0.1) is 6.61 Å². The second kappa shape index (κ2) is 11.2. The summed E-state index contributed by atoms with van der Waals surface area (Å²) in [6.07, 6.45) is 6.28. The molecule has 0 aromatic carbocycles. The molecule has 0 aromatic rings. The van der Waals surface area contributed by atoms with Gasteiger partial charge in [-0.25, -0.2) is 11.4 Å². The van der Waals surface area contributed by atoms with Crippen LogP contribution in [0.3, 0.4) is 0 Å². The number of fused-ring (bicyclic) bond motifs is 1. The number of hydrogen-bond donors (Lipinski definition) is 4. The summed E-state index contributed by atoms with van der Waals surface area (Å²) < 4.78 is 10.4. The van der Waals surface area contributed by atoms with Crippen molar-refractivity contribution >= 4 is 17.8 Å². The molecular weight excluding hydrogens is 362 g/mol. The van der Waals surface area contributed by atoms with Crippen LogP contribution in [0.25, 0.3) is 0 Å². The molecule has 1 aliphatic heterocycles. The Morgan fingerprint density at radius 2 is 2.07 bits per heavy atom. The number of ether oxygens (including phenoxy) is 2. The van der Waals surface area contributed by atoms with E-state index in [9.17, 15) is 9.59 Å². The zero-order valence-electron chi connectivity index (χ0n) is 17.0. The van der Waals surface area contributed by atoms with E-state index in [0.29, 0.717) is 30.0 Å². The van der Waals surface area contributed by atoms with E-state index in [1.54, 1.807) is 6.92 Å². The Morgan fingerprint density at radius 1 is 1.29 bits per heavy atom. The molecule has 5 atom stereocenters. The summed E-state index contributed by atoms with van der Waals surface area (Å²) in [4.78, 5) is 23.3. The molecule has 1 aliphatic carbocycles. The van der Waals surface area contributed by atoms with Gasteiger partial charge in [0.25, 0.3) is 0 Å². The molecule has 1 heterocycles. The fourth-order valence-corrected chi connectivity index (χ4v) is 4.36. The lowest BCUT2D eigenvalue weighted by atomic mass is 9.69. The molecular formula is C19H35N5O4. The van der Waals surface area contributed by atoms with Crippen molar-refractivity contribution in [2.24, 2.45) is 34.4 Å². The molecule has 160 valence electrons. The van der Waals surface area contributed by atoms with Crippen LogP contribution in [-0.4, -0.2) is 43.1 Å². The van der Waals surface area contributed by atoms with Crippen LogP contribution in [0.2, 0.25) is 0 Å². The molecule has 2 fully saturated rings. The number of hydrogen-bond acceptors (Lipinski definition) is 8. The molecule has 6 N–H and O–H groups in total. The van der Waals surface area contributed by atoms with Crippen LogP contribution in [0.15, 0.2) is 5.10 Å². The number of nitrogens with two attached hydrogens (primary N) is 2. The lowest BCUT2D eigenvalue weighted by Gasteiger charge is -2.42. The number of amidine groups is 1. The van der Waals surface area contributed by atoms with E-state index in [0.717, 1.165) is 32.2 Å². The standard InChI is InChI=1S/C19H35N5O4/c1-12(28-13(2)25)7-8-27-19(26)17-10-16-9-14(3-5-15(16)11-22-17)4-6-18(20)23-24-21/h12,14-17,22,24H,3-11,21H2,1-2H3,(H2,20,23). The van der Waals surface area contributed by atoms with Crippen LogP contribution in [0, 0.1) is 17.8 Å². The van der Waals surface area contributed by atoms with Gasteiger partial charge in [0.2, 0.25) is 0 Å². The van der Waals surface area contributed by atoms with E-state index < -0.39 is 0 Å². The summed E-state index contributed by atoms with van der Waals surface area (Å²) in [7, 11) is 0. The number of piperidine rings is 1. The molecule has 0 spiro atoms. The average Bonchev–Trinajstić information content (AvgIpc) is 2.65. The summed E-state index contributed by atoms with van der Waals surface area (Å²) in [5.41, 5.74) is 8.03. The van der Waals surface area contributed by atoms with E-state index in [4.69, 9.17) is 21.1 Å². The van der Waals surface area contributed by atoms with Crippen molar-refractivity contribution < 1.29 is 19.1 Å². The van der Waals surface area contributed by atoms with Crippen LogP contribution in [0.5, 0.6) is 0 Å². The third kappa shape index (κ3) is 7.27. The number of rotatable bonds is 9. The van der Waals surface area contributed by atoms with Gasteiger partial charge in [-0.15, -0.1) is 0 Å². The maximum absolute atomic E-state index is 12.4. The van der Waals surface area contributed by atoms with Crippen LogP contribution < -0.4 is 22.4 Å². The highest BCUT2D eigenvalue weighted by Crippen LogP contribution is 2.40. The first-order valence-corrected chi connectivity index (χ1v) is 10.2. The topological polar surface area (TPSA) is 141 Å². The van der Waals surface area contributed by atoms with Crippen molar-refractivity contribution in [3.8, 4) is 0 Å². The molecule has 1 saturated carbocycles. The number of hydrazine groups is 1. The van der Waals surface area contributed by atoms with Crippen molar-refractivity contribution in [3.63, 3.8) is 0 Å². The zero-order chi connectivity index (χ0) is 20.5. The Morgan fingerprint density at radius 3 is 2.79 bits per heavy atom. The highest BCUT2D eigenvalue weighted by molar-refractivity contribution is 5.79. The van der Waals surface area contributed by atoms with Crippen LogP contribution >= 0.6 is 0 Å². The van der Waals surface area contributed by atoms with E-state index in [-0.39, 0.29) is 30.7 Å². The minimum Gasteiger partial charge on any atom is -0.464 e. The Bertz CT molecular complexity index is 556. The Hall–Kier alpha value is -1.87. The second-order valence-electron chi connectivity index (χ2n) is 8.04. The molecule has 28 heavy (non-hydrogen) atoms. The lowest BCUT2D eigenvalue weighted by molar-refractivity contribution is -0.150. The van der Waals surface area contributed by atoms with E-state index in [2.05, 4.69) is 16.0 Å². The molecule has 0 aromatic heterocycles. The zero-order valence-corrected chi connectivity index (χ0v) is 17.0. The number of hydrazone groups is 1. The van der Waals surface area contributed by atoms with Crippen molar-refractivity contribution in [2.45, 2.75) is 70.9 Å². The third-order valence-electron chi connectivity index (χ3n) is 5.85. The highest BCUT2D eigenvalue weighted by atomic mass is 16.6. The highest BCUT2D eigenvalue weighted by Gasteiger charge is 2.38. The molecule has 2 aliphatic rings. The predicted octanol–water partition coefficient (Wildman–Crippen LogP) is 0.781. The monoisotopic (exact) mass is 397 g/mol. The van der Waals surface area contributed by atoms with Crippen LogP contribution in [-0.2, 0) is 19.1 Å². The number of esters is 2. The SMILES string of the molecule is CC(=O)OC(C)CCOC(=O)C1CC2CC(CC/C(N)=N/NN)CCC2CN1. The Kier molecular flexibility index (Phi) is 8.98. The predicted molar refractivity (Wildman–Crippen MR) is 106 cm³/mol. The van der Waals surface area contributed by atoms with Crippen LogP contribution in [0.4, 0.5) is 0 Å².